The molecule has 1 N–H and O–H groups in total. The lowest BCUT2D eigenvalue weighted by molar-refractivity contribution is -0.134. The summed E-state index contributed by atoms with van der Waals surface area (Å²) in [6.07, 6.45) is 1.61. The Bertz CT molecular complexity index is 160. The van der Waals surface area contributed by atoms with Gasteiger partial charge < -0.3 is 5.11 Å². The number of allylic oxidation sites excluding steroid dienone is 2. The lowest BCUT2D eigenvalue weighted by Crippen LogP contribution is -1.80. The largest absolute Gasteiger partial charge is 0.481 e. The molecule has 0 aromatic carbocycles. The van der Waals surface area contributed by atoms with Crippen LogP contribution in [-0.2, 0) is 9.59 Å². The van der Waals surface area contributed by atoms with Crippen molar-refractivity contribution in [3.8, 4) is 0 Å². The molecule has 3 heteroatoms. The second-order valence-corrected chi connectivity index (χ2v) is 2.35. The number of aliphatic carboxylic acids is 1. The van der Waals surface area contributed by atoms with Crippen LogP contribution in [-0.4, -0.2) is 16.9 Å². The third kappa shape index (κ3) is 50.7. The summed E-state index contributed by atoms with van der Waals surface area (Å²) in [5, 5.41) is 7.42. The van der Waals surface area contributed by atoms with E-state index in [0.717, 1.165) is 12.5 Å². The highest BCUT2D eigenvalue weighted by Crippen LogP contribution is 1.86. The quantitative estimate of drug-likeness (QED) is 0.590. The number of carbonyl (C=O) groups is 2. The Kier molecular flexibility index (Phi) is 7.98. The predicted molar refractivity (Wildman–Crippen MR) is 43.4 cm³/mol. The minimum absolute atomic E-state index is 0.125. The molecule has 0 unspecified atom stereocenters. The van der Waals surface area contributed by atoms with Crippen LogP contribution in [0.2, 0.25) is 0 Å². The average molecular weight is 158 g/mol. The van der Waals surface area contributed by atoms with Gasteiger partial charge in [-0.2, -0.15) is 0 Å². The molecule has 0 spiro atoms. The highest BCUT2D eigenvalue weighted by atomic mass is 16.4. The van der Waals surface area contributed by atoms with Gasteiger partial charge in [0.15, 0.2) is 5.78 Å². The topological polar surface area (TPSA) is 54.4 Å². The first kappa shape index (κ1) is 12.5. The predicted octanol–water partition coefficient (Wildman–Crippen LogP) is 1.63. The van der Waals surface area contributed by atoms with Crippen LogP contribution in [0.25, 0.3) is 0 Å². The minimum atomic E-state index is -0.833. The maximum atomic E-state index is 10.2. The van der Waals surface area contributed by atoms with Crippen LogP contribution in [0.1, 0.15) is 27.7 Å². The van der Waals surface area contributed by atoms with E-state index in [1.54, 1.807) is 13.0 Å². The smallest absolute Gasteiger partial charge is 0.300 e. The van der Waals surface area contributed by atoms with Gasteiger partial charge in [-0.1, -0.05) is 5.57 Å². The molecule has 0 aromatic heterocycles. The van der Waals surface area contributed by atoms with Crippen molar-refractivity contribution >= 4 is 11.8 Å². The maximum Gasteiger partial charge on any atom is 0.300 e. The van der Waals surface area contributed by atoms with Gasteiger partial charge in [-0.25, -0.2) is 0 Å². The van der Waals surface area contributed by atoms with E-state index in [-0.39, 0.29) is 5.78 Å². The maximum absolute atomic E-state index is 10.2. The molecule has 0 amide bonds. The van der Waals surface area contributed by atoms with Gasteiger partial charge in [-0.15, -0.1) is 0 Å². The van der Waals surface area contributed by atoms with Crippen molar-refractivity contribution in [1.82, 2.24) is 0 Å². The SMILES string of the molecule is CC(=O)C=C(C)C.CC(=O)O. The second-order valence-electron chi connectivity index (χ2n) is 2.35. The zero-order chi connectivity index (χ0) is 9.44. The van der Waals surface area contributed by atoms with Gasteiger partial charge in [0.2, 0.25) is 0 Å². The van der Waals surface area contributed by atoms with Crippen molar-refractivity contribution in [2.45, 2.75) is 27.7 Å². The van der Waals surface area contributed by atoms with Crippen molar-refractivity contribution in [2.75, 3.05) is 0 Å². The number of rotatable bonds is 1. The molecule has 11 heavy (non-hydrogen) atoms. The Morgan fingerprint density at radius 2 is 1.36 bits per heavy atom. The minimum Gasteiger partial charge on any atom is -0.481 e. The summed E-state index contributed by atoms with van der Waals surface area (Å²) in [4.78, 5) is 19.2. The highest BCUT2D eigenvalue weighted by Gasteiger charge is 1.80. The van der Waals surface area contributed by atoms with E-state index in [4.69, 9.17) is 9.90 Å². The van der Waals surface area contributed by atoms with Crippen molar-refractivity contribution < 1.29 is 14.7 Å². The Balaban J connectivity index is 0. The third-order valence-corrected chi connectivity index (χ3v) is 0.492. The first-order valence-corrected chi connectivity index (χ1v) is 3.21. The number of carbonyl (C=O) groups excluding carboxylic acids is 1. The molecule has 0 saturated heterocycles. The molecule has 0 bridgehead atoms. The third-order valence-electron chi connectivity index (χ3n) is 0.492. The Morgan fingerprint density at radius 1 is 1.09 bits per heavy atom. The number of hydrogen-bond donors (Lipinski definition) is 1. The fraction of sp³-hybridized carbons (Fsp3) is 0.500. The van der Waals surface area contributed by atoms with E-state index >= 15 is 0 Å². The van der Waals surface area contributed by atoms with Gasteiger partial charge >= 0.3 is 0 Å². The van der Waals surface area contributed by atoms with Crippen LogP contribution in [0.4, 0.5) is 0 Å². The zero-order valence-corrected chi connectivity index (χ0v) is 7.34. The lowest BCUT2D eigenvalue weighted by atomic mass is 10.3. The van der Waals surface area contributed by atoms with E-state index in [9.17, 15) is 4.79 Å². The summed E-state index contributed by atoms with van der Waals surface area (Å²) in [6.45, 7) is 6.44. The Hall–Kier alpha value is -1.12. The summed E-state index contributed by atoms with van der Waals surface area (Å²) >= 11 is 0. The average Bonchev–Trinajstić information content (AvgIpc) is 1.56. The molecular weight excluding hydrogens is 144 g/mol. The molecule has 0 aromatic rings. The van der Waals surface area contributed by atoms with Gasteiger partial charge in [-0.3, -0.25) is 9.59 Å². The number of hydrogen-bond acceptors (Lipinski definition) is 2. The molecule has 0 heterocycles. The van der Waals surface area contributed by atoms with Crippen LogP contribution in [0, 0.1) is 0 Å². The summed E-state index contributed by atoms with van der Waals surface area (Å²) in [5.41, 5.74) is 1.06. The molecule has 0 aliphatic rings. The van der Waals surface area contributed by atoms with Gasteiger partial charge in [0, 0.05) is 6.92 Å². The van der Waals surface area contributed by atoms with Crippen molar-refractivity contribution in [2.24, 2.45) is 0 Å². The van der Waals surface area contributed by atoms with E-state index in [1.807, 2.05) is 13.8 Å². The van der Waals surface area contributed by atoms with Gasteiger partial charge in [0.05, 0.1) is 0 Å². The summed E-state index contributed by atoms with van der Waals surface area (Å²) < 4.78 is 0. The second kappa shape index (κ2) is 6.99. The molecule has 3 nitrogen and oxygen atoms in total. The van der Waals surface area contributed by atoms with E-state index in [1.165, 1.54) is 0 Å². The van der Waals surface area contributed by atoms with Crippen LogP contribution in [0.5, 0.6) is 0 Å². The molecule has 0 rings (SSSR count). The normalized spacial score (nSPS) is 7.27. The van der Waals surface area contributed by atoms with Gasteiger partial charge in [0.1, 0.15) is 0 Å². The van der Waals surface area contributed by atoms with E-state index in [2.05, 4.69) is 0 Å². The number of carboxylic acid groups (broad SMARTS) is 1. The van der Waals surface area contributed by atoms with E-state index < -0.39 is 5.97 Å². The van der Waals surface area contributed by atoms with Crippen LogP contribution >= 0.6 is 0 Å². The zero-order valence-electron chi connectivity index (χ0n) is 7.34. The number of carboxylic acids is 1. The van der Waals surface area contributed by atoms with Crippen LogP contribution < -0.4 is 0 Å². The molecule has 0 aliphatic carbocycles. The Labute approximate surface area is 66.7 Å². The van der Waals surface area contributed by atoms with Crippen molar-refractivity contribution in [3.05, 3.63) is 11.6 Å². The summed E-state index contributed by atoms with van der Waals surface area (Å²) in [7, 11) is 0. The van der Waals surface area contributed by atoms with Gasteiger partial charge in [-0.05, 0) is 26.8 Å². The summed E-state index contributed by atoms with van der Waals surface area (Å²) in [6, 6.07) is 0. The Morgan fingerprint density at radius 3 is 1.36 bits per heavy atom. The molecular formula is C8H14O3. The van der Waals surface area contributed by atoms with Crippen LogP contribution in [0.3, 0.4) is 0 Å². The van der Waals surface area contributed by atoms with Crippen molar-refractivity contribution in [3.63, 3.8) is 0 Å². The van der Waals surface area contributed by atoms with Crippen molar-refractivity contribution in [1.29, 1.82) is 0 Å². The fourth-order valence-corrected chi connectivity index (χ4v) is 0.407. The molecule has 0 aliphatic heterocycles. The molecule has 0 atom stereocenters. The molecule has 0 fully saturated rings. The standard InChI is InChI=1S/C6H10O.C2H4O2/c1-5(2)4-6(3)7;1-2(3)4/h4H,1-3H3;1H3,(H,3,4). The molecule has 64 valence electrons. The fourth-order valence-electron chi connectivity index (χ4n) is 0.407. The first-order valence-electron chi connectivity index (χ1n) is 3.21. The van der Waals surface area contributed by atoms with Crippen LogP contribution in [0.15, 0.2) is 11.6 Å². The molecule has 0 saturated carbocycles. The van der Waals surface area contributed by atoms with E-state index in [0.29, 0.717) is 0 Å². The molecule has 0 radical (unpaired) electrons. The number of ketones is 1. The monoisotopic (exact) mass is 158 g/mol. The summed E-state index contributed by atoms with van der Waals surface area (Å²) in [5.74, 6) is -0.708. The highest BCUT2D eigenvalue weighted by molar-refractivity contribution is 5.87. The first-order chi connectivity index (χ1) is 4.86. The lowest BCUT2D eigenvalue weighted by Gasteiger charge is -1.80. The van der Waals surface area contributed by atoms with Gasteiger partial charge in [0.25, 0.3) is 5.97 Å².